The minimum atomic E-state index is -2.99. The second-order valence-corrected chi connectivity index (χ2v) is 16.9. The Bertz CT molecular complexity index is 1210. The number of rotatable bonds is 5. The van der Waals surface area contributed by atoms with Crippen molar-refractivity contribution in [3.05, 3.63) is 139 Å². The van der Waals surface area contributed by atoms with Crippen LogP contribution in [-0.2, 0) is 6.16 Å². The quantitative estimate of drug-likeness (QED) is 0.232. The molecule has 5 rings (SSSR count). The standard InChI is InChI=1S/C29H24BrP/c30-31(26-16-4-1-5-17-26,27-18-6-2-7-19-27,28-20-8-3-9-21-28)23-25-15-12-14-24-13-10-11-22-29(24)25/h1-22H,23H2. The SMILES string of the molecule is BrP(Cc1cccc2ccccc12)(c1ccccc1)(c1ccccc1)c1ccccc1. The van der Waals surface area contributed by atoms with Crippen LogP contribution in [0.15, 0.2) is 133 Å². The summed E-state index contributed by atoms with van der Waals surface area (Å²) in [5.41, 5.74) is 1.37. The topological polar surface area (TPSA) is 0 Å². The summed E-state index contributed by atoms with van der Waals surface area (Å²) in [7, 11) is 0. The molecule has 0 aliphatic carbocycles. The van der Waals surface area contributed by atoms with Gasteiger partial charge in [0.1, 0.15) is 0 Å². The zero-order chi connectivity index (χ0) is 21.2. The molecule has 0 saturated carbocycles. The summed E-state index contributed by atoms with van der Waals surface area (Å²) >= 11 is 4.57. The Kier molecular flexibility index (Phi) is 5.26. The molecule has 0 aliphatic rings. The molecule has 0 aromatic heterocycles. The monoisotopic (exact) mass is 482 g/mol. The van der Waals surface area contributed by atoms with Gasteiger partial charge in [-0.1, -0.05) is 0 Å². The molecule has 0 saturated heterocycles. The van der Waals surface area contributed by atoms with Crippen LogP contribution in [0.3, 0.4) is 0 Å². The molecule has 0 radical (unpaired) electrons. The molecule has 0 bridgehead atoms. The van der Waals surface area contributed by atoms with E-state index in [2.05, 4.69) is 149 Å². The molecular formula is C29H24BrP. The minimum absolute atomic E-state index is 0.908. The van der Waals surface area contributed by atoms with Crippen molar-refractivity contribution in [2.75, 3.05) is 0 Å². The van der Waals surface area contributed by atoms with Crippen molar-refractivity contribution in [3.8, 4) is 0 Å². The number of benzene rings is 5. The molecule has 0 N–H and O–H groups in total. The van der Waals surface area contributed by atoms with Crippen molar-refractivity contribution >= 4 is 47.5 Å². The van der Waals surface area contributed by atoms with E-state index in [-0.39, 0.29) is 0 Å². The second-order valence-electron chi connectivity index (χ2n) is 7.99. The van der Waals surface area contributed by atoms with E-state index in [0.717, 1.165) is 6.16 Å². The number of halogens is 1. The summed E-state index contributed by atoms with van der Waals surface area (Å²) in [6.07, 6.45) is 0.908. The maximum atomic E-state index is 4.57. The molecule has 0 unspecified atom stereocenters. The number of fused-ring (bicyclic) bond motifs is 1. The Balaban J connectivity index is 1.89. The van der Waals surface area contributed by atoms with Crippen molar-refractivity contribution in [2.24, 2.45) is 0 Å². The molecule has 152 valence electrons. The second kappa shape index (κ2) is 8.08. The van der Waals surface area contributed by atoms with E-state index in [1.54, 1.807) is 0 Å². The van der Waals surface area contributed by atoms with E-state index in [1.807, 2.05) is 0 Å². The molecular weight excluding hydrogens is 459 g/mol. The van der Waals surface area contributed by atoms with E-state index in [9.17, 15) is 0 Å². The zero-order valence-corrected chi connectivity index (χ0v) is 19.7. The van der Waals surface area contributed by atoms with Crippen LogP contribution < -0.4 is 15.9 Å². The van der Waals surface area contributed by atoms with Crippen LogP contribution in [0.5, 0.6) is 0 Å². The van der Waals surface area contributed by atoms with E-state index < -0.39 is 5.31 Å². The van der Waals surface area contributed by atoms with E-state index in [4.69, 9.17) is 0 Å². The van der Waals surface area contributed by atoms with Crippen molar-refractivity contribution < 1.29 is 0 Å². The van der Waals surface area contributed by atoms with Gasteiger partial charge in [-0.2, -0.15) is 0 Å². The van der Waals surface area contributed by atoms with Gasteiger partial charge in [0, 0.05) is 0 Å². The van der Waals surface area contributed by atoms with Gasteiger partial charge in [0.25, 0.3) is 0 Å². The molecule has 2 heteroatoms. The third-order valence-electron chi connectivity index (χ3n) is 6.23. The fourth-order valence-electron chi connectivity index (χ4n) is 4.69. The van der Waals surface area contributed by atoms with Gasteiger partial charge < -0.3 is 0 Å². The Morgan fingerprint density at radius 2 is 0.871 bits per heavy atom. The van der Waals surface area contributed by atoms with Crippen LogP contribution in [0.25, 0.3) is 10.8 Å². The third-order valence-corrected chi connectivity index (χ3v) is 15.7. The molecule has 0 aliphatic heterocycles. The normalized spacial score (nSPS) is 12.9. The van der Waals surface area contributed by atoms with Gasteiger partial charge in [0.05, 0.1) is 0 Å². The molecule has 0 heterocycles. The average molecular weight is 483 g/mol. The summed E-state index contributed by atoms with van der Waals surface area (Å²) in [4.78, 5) is 0. The fourth-order valence-corrected chi connectivity index (χ4v) is 12.4. The summed E-state index contributed by atoms with van der Waals surface area (Å²) in [6.45, 7) is 0. The summed E-state index contributed by atoms with van der Waals surface area (Å²) in [6, 6.07) is 48.4. The van der Waals surface area contributed by atoms with Gasteiger partial charge in [-0.05, 0) is 0 Å². The van der Waals surface area contributed by atoms with Crippen LogP contribution in [0.4, 0.5) is 0 Å². The molecule has 0 nitrogen and oxygen atoms in total. The maximum absolute atomic E-state index is 4.57. The van der Waals surface area contributed by atoms with Gasteiger partial charge in [0.2, 0.25) is 0 Å². The van der Waals surface area contributed by atoms with E-state index >= 15 is 0 Å². The first kappa shape index (κ1) is 20.2. The zero-order valence-electron chi connectivity index (χ0n) is 17.2. The first-order valence-electron chi connectivity index (χ1n) is 10.6. The van der Waals surface area contributed by atoms with Gasteiger partial charge in [-0.25, -0.2) is 0 Å². The molecule has 0 atom stereocenters. The van der Waals surface area contributed by atoms with Crippen molar-refractivity contribution in [3.63, 3.8) is 0 Å². The Hall–Kier alpha value is -2.73. The third kappa shape index (κ3) is 3.33. The predicted molar refractivity (Wildman–Crippen MR) is 142 cm³/mol. The Morgan fingerprint density at radius 1 is 0.452 bits per heavy atom. The van der Waals surface area contributed by atoms with Crippen LogP contribution in [0, 0.1) is 0 Å². The van der Waals surface area contributed by atoms with Crippen molar-refractivity contribution in [1.82, 2.24) is 0 Å². The van der Waals surface area contributed by atoms with Crippen LogP contribution in [0.2, 0.25) is 0 Å². The average Bonchev–Trinajstić information content (AvgIpc) is 2.86. The molecule has 5 aromatic carbocycles. The first-order valence-corrected chi connectivity index (χ1v) is 15.0. The van der Waals surface area contributed by atoms with E-state index in [1.165, 1.54) is 32.2 Å². The Labute approximate surface area is 192 Å². The Morgan fingerprint density at radius 3 is 1.39 bits per heavy atom. The van der Waals surface area contributed by atoms with Gasteiger partial charge in [-0.15, -0.1) is 0 Å². The predicted octanol–water partition coefficient (Wildman–Crippen LogP) is 7.18. The van der Waals surface area contributed by atoms with Crippen LogP contribution in [0.1, 0.15) is 5.56 Å². The summed E-state index contributed by atoms with van der Waals surface area (Å²) in [5.74, 6) is 0. The molecule has 31 heavy (non-hydrogen) atoms. The molecule has 0 spiro atoms. The summed E-state index contributed by atoms with van der Waals surface area (Å²) < 4.78 is 0. The molecule has 5 aromatic rings. The summed E-state index contributed by atoms with van der Waals surface area (Å²) in [5, 5.41) is 3.65. The van der Waals surface area contributed by atoms with E-state index in [0.29, 0.717) is 0 Å². The van der Waals surface area contributed by atoms with Gasteiger partial charge in [0.15, 0.2) is 0 Å². The molecule has 0 amide bonds. The number of hydrogen-bond donors (Lipinski definition) is 0. The van der Waals surface area contributed by atoms with Crippen molar-refractivity contribution in [2.45, 2.75) is 6.16 Å². The van der Waals surface area contributed by atoms with Crippen molar-refractivity contribution in [1.29, 1.82) is 0 Å². The van der Waals surface area contributed by atoms with Gasteiger partial charge >= 0.3 is 193 Å². The van der Waals surface area contributed by atoms with Gasteiger partial charge in [-0.3, -0.25) is 0 Å². The van der Waals surface area contributed by atoms with Crippen LogP contribution in [-0.4, -0.2) is 0 Å². The first-order chi connectivity index (χ1) is 15.2. The fraction of sp³-hybridized carbons (Fsp3) is 0.0345. The molecule has 0 fully saturated rings. The van der Waals surface area contributed by atoms with Crippen LogP contribution >= 0.6 is 20.8 Å². The number of hydrogen-bond acceptors (Lipinski definition) is 0.